The van der Waals surface area contributed by atoms with Gasteiger partial charge in [0, 0.05) is 92.9 Å². The minimum Gasteiger partial charge on any atom is -0.488 e. The molecule has 3 fully saturated rings. The molecule has 0 atom stereocenters. The van der Waals surface area contributed by atoms with Crippen LogP contribution in [0.25, 0.3) is 11.1 Å². The van der Waals surface area contributed by atoms with Gasteiger partial charge in [0.25, 0.3) is 0 Å². The van der Waals surface area contributed by atoms with E-state index in [9.17, 15) is 4.57 Å². The second kappa shape index (κ2) is 14.1. The van der Waals surface area contributed by atoms with Gasteiger partial charge in [-0.2, -0.15) is 10.1 Å². The van der Waals surface area contributed by atoms with E-state index in [4.69, 9.17) is 9.72 Å². The number of hydrogen-bond donors (Lipinski definition) is 3. The van der Waals surface area contributed by atoms with E-state index in [1.807, 2.05) is 57.2 Å². The lowest BCUT2D eigenvalue weighted by Crippen LogP contribution is -2.52. The molecule has 3 N–H and O–H groups in total. The first-order chi connectivity index (χ1) is 23.5. The summed E-state index contributed by atoms with van der Waals surface area (Å²) >= 11 is 3.63. The number of rotatable bonds is 10. The van der Waals surface area contributed by atoms with Crippen molar-refractivity contribution in [2.45, 2.75) is 51.7 Å². The highest BCUT2D eigenvalue weighted by Gasteiger charge is 2.30. The Morgan fingerprint density at radius 1 is 0.980 bits per heavy atom. The van der Waals surface area contributed by atoms with E-state index in [2.05, 4.69) is 70.1 Å². The fourth-order valence-corrected chi connectivity index (χ4v) is 9.05. The van der Waals surface area contributed by atoms with Gasteiger partial charge in [0.1, 0.15) is 18.7 Å². The maximum Gasteiger partial charge on any atom is 0.229 e. The molecule has 3 aliphatic rings. The molecule has 49 heavy (non-hydrogen) atoms. The molecule has 0 bridgehead atoms. The molecule has 7 rings (SSSR count). The van der Waals surface area contributed by atoms with Crippen LogP contribution in [0.4, 0.5) is 28.8 Å². The van der Waals surface area contributed by atoms with Crippen molar-refractivity contribution in [1.29, 1.82) is 0 Å². The summed E-state index contributed by atoms with van der Waals surface area (Å²) in [6.07, 6.45) is 10.3. The van der Waals surface area contributed by atoms with Gasteiger partial charge in [0.15, 0.2) is 0 Å². The zero-order valence-electron chi connectivity index (χ0n) is 29.1. The van der Waals surface area contributed by atoms with Crippen LogP contribution in [-0.4, -0.2) is 89.4 Å². The Hall–Kier alpha value is -3.44. The Morgan fingerprint density at radius 2 is 1.73 bits per heavy atom. The van der Waals surface area contributed by atoms with Gasteiger partial charge >= 0.3 is 0 Å². The number of nitrogens with one attached hydrogen (secondary N) is 3. The number of piperazine rings is 1. The molecule has 2 aromatic heterocycles. The highest BCUT2D eigenvalue weighted by molar-refractivity contribution is 9.10. The van der Waals surface area contributed by atoms with Crippen LogP contribution in [-0.2, 0) is 11.6 Å². The first-order valence-electron chi connectivity index (χ1n) is 17.3. The summed E-state index contributed by atoms with van der Waals surface area (Å²) in [6.45, 7) is 14.1. The number of hydrogen-bond acceptors (Lipinski definition) is 10. The van der Waals surface area contributed by atoms with Gasteiger partial charge in [-0.1, -0.05) is 6.07 Å². The fourth-order valence-electron chi connectivity index (χ4n) is 7.06. The highest BCUT2D eigenvalue weighted by Crippen LogP contribution is 2.44. The van der Waals surface area contributed by atoms with Crippen molar-refractivity contribution in [3.63, 3.8) is 0 Å². The molecule has 4 heterocycles. The highest BCUT2D eigenvalue weighted by atomic mass is 79.9. The molecule has 0 unspecified atom stereocenters. The number of aromatic nitrogens is 4. The number of ether oxygens (including phenoxy) is 1. The Morgan fingerprint density at radius 3 is 2.41 bits per heavy atom. The van der Waals surface area contributed by atoms with E-state index < -0.39 is 7.14 Å². The quantitative estimate of drug-likeness (QED) is 0.158. The summed E-state index contributed by atoms with van der Waals surface area (Å²) in [5, 5.41) is 15.8. The first-order valence-corrected chi connectivity index (χ1v) is 20.7. The molecule has 0 spiro atoms. The summed E-state index contributed by atoms with van der Waals surface area (Å²) in [4.78, 5) is 14.7. The summed E-state index contributed by atoms with van der Waals surface area (Å²) in [5.41, 5.74) is 7.02. The van der Waals surface area contributed by atoms with Crippen molar-refractivity contribution in [1.82, 2.24) is 30.0 Å². The van der Waals surface area contributed by atoms with Crippen LogP contribution in [0.1, 0.15) is 36.8 Å². The van der Waals surface area contributed by atoms with Crippen LogP contribution in [0.5, 0.6) is 5.75 Å². The van der Waals surface area contributed by atoms with E-state index in [1.165, 1.54) is 0 Å². The fraction of sp³-hybridized carbons (Fsp3) is 0.472. The predicted molar refractivity (Wildman–Crippen MR) is 203 cm³/mol. The molecular formula is C36H47BrN9O2P. The molecule has 11 nitrogen and oxygen atoms in total. The normalized spacial score (nSPS) is 17.7. The lowest BCUT2D eigenvalue weighted by molar-refractivity contribution is 0.150. The number of halogens is 1. The molecule has 0 radical (unpaired) electrons. The third kappa shape index (κ3) is 7.67. The van der Waals surface area contributed by atoms with Crippen molar-refractivity contribution in [2.75, 3.05) is 68.1 Å². The van der Waals surface area contributed by atoms with Gasteiger partial charge in [-0.05, 0) is 92.0 Å². The molecule has 2 aromatic carbocycles. The molecule has 1 aliphatic carbocycles. The van der Waals surface area contributed by atoms with E-state index in [1.54, 1.807) is 6.20 Å². The van der Waals surface area contributed by atoms with Gasteiger partial charge in [-0.15, -0.1) is 0 Å². The van der Waals surface area contributed by atoms with Crippen molar-refractivity contribution < 1.29 is 9.30 Å². The van der Waals surface area contributed by atoms with Crippen molar-refractivity contribution >= 4 is 57.2 Å². The average molecular weight is 749 g/mol. The van der Waals surface area contributed by atoms with Crippen LogP contribution < -0.4 is 30.9 Å². The summed E-state index contributed by atoms with van der Waals surface area (Å²) in [5.74, 6) is 1.80. The molecule has 4 aromatic rings. The second-order valence-electron chi connectivity index (χ2n) is 14.0. The Bertz CT molecular complexity index is 1870. The monoisotopic (exact) mass is 747 g/mol. The van der Waals surface area contributed by atoms with Gasteiger partial charge in [0.2, 0.25) is 5.95 Å². The van der Waals surface area contributed by atoms with E-state index >= 15 is 0 Å². The molecule has 2 aliphatic heterocycles. The molecule has 2 saturated heterocycles. The largest absolute Gasteiger partial charge is 0.488 e. The Balaban J connectivity index is 1.21. The van der Waals surface area contributed by atoms with Gasteiger partial charge in [-0.25, -0.2) is 4.98 Å². The number of anilines is 5. The average Bonchev–Trinajstić information content (AvgIpc) is 3.80. The standard InChI is InChI=1S/C36H47BrN9O2P/c1-23-6-9-30(34(24(23)2)49(4,5)47)41-35-29(37)21-39-36(43-35)42-31-18-28(25-20-40-44(3)22-25)32(19-33(31)48-27-7-8-27)46-14-10-26(11-15-46)45-16-12-38-13-17-45/h6,9,18-22,26-27,38H,7-8,10-17H2,1-5H3,(H2,39,41,42,43). The SMILES string of the molecule is Cc1ccc(Nc2nc(Nc3cc(-c4cnn(C)c4)c(N4CCC(N5CCNCC5)CC4)cc3OC3CC3)ncc2Br)c(P(C)(C)=O)c1C. The van der Waals surface area contributed by atoms with E-state index in [-0.39, 0.29) is 6.10 Å². The Labute approximate surface area is 297 Å². The minimum absolute atomic E-state index is 0.209. The van der Waals surface area contributed by atoms with Crippen LogP contribution >= 0.6 is 23.1 Å². The lowest BCUT2D eigenvalue weighted by atomic mass is 9.98. The van der Waals surface area contributed by atoms with Gasteiger partial charge in [0.05, 0.1) is 28.1 Å². The van der Waals surface area contributed by atoms with E-state index in [0.717, 1.165) is 115 Å². The molecular weight excluding hydrogens is 701 g/mol. The zero-order chi connectivity index (χ0) is 34.3. The van der Waals surface area contributed by atoms with E-state index in [0.29, 0.717) is 22.3 Å². The smallest absolute Gasteiger partial charge is 0.229 e. The molecule has 260 valence electrons. The maximum atomic E-state index is 13.4. The zero-order valence-corrected chi connectivity index (χ0v) is 31.6. The Kier molecular flexibility index (Phi) is 9.76. The molecule has 0 amide bonds. The predicted octanol–water partition coefficient (Wildman–Crippen LogP) is 6.41. The van der Waals surface area contributed by atoms with Crippen LogP contribution in [0.2, 0.25) is 0 Å². The van der Waals surface area contributed by atoms with Crippen molar-refractivity contribution in [3.8, 4) is 16.9 Å². The second-order valence-corrected chi connectivity index (χ2v) is 18.0. The third-order valence-electron chi connectivity index (χ3n) is 9.89. The molecule has 1 saturated carbocycles. The topological polar surface area (TPSA) is 112 Å². The van der Waals surface area contributed by atoms with Crippen molar-refractivity contribution in [2.24, 2.45) is 7.05 Å². The van der Waals surface area contributed by atoms with Crippen molar-refractivity contribution in [3.05, 3.63) is 58.5 Å². The van der Waals surface area contributed by atoms with Crippen LogP contribution in [0, 0.1) is 13.8 Å². The first kappa shape index (κ1) is 34.0. The molecule has 13 heteroatoms. The number of nitrogens with zero attached hydrogens (tertiary/aromatic N) is 6. The lowest BCUT2D eigenvalue weighted by Gasteiger charge is -2.41. The number of piperidine rings is 1. The maximum absolute atomic E-state index is 13.4. The third-order valence-corrected chi connectivity index (χ3v) is 12.1. The van der Waals surface area contributed by atoms with Gasteiger partial charge < -0.3 is 30.2 Å². The minimum atomic E-state index is -2.58. The van der Waals surface area contributed by atoms with Crippen LogP contribution in [0.3, 0.4) is 0 Å². The summed E-state index contributed by atoms with van der Waals surface area (Å²) < 4.78 is 22.5. The number of benzene rings is 2. The number of aryl methyl sites for hydroxylation is 2. The summed E-state index contributed by atoms with van der Waals surface area (Å²) in [6, 6.07) is 9.01. The van der Waals surface area contributed by atoms with Gasteiger partial charge in [-0.3, -0.25) is 9.58 Å². The summed E-state index contributed by atoms with van der Waals surface area (Å²) in [7, 11) is -0.632. The van der Waals surface area contributed by atoms with Crippen LogP contribution in [0.15, 0.2) is 47.3 Å².